The van der Waals surface area contributed by atoms with Gasteiger partial charge in [0.25, 0.3) is 0 Å². The molecule has 178 valence electrons. The summed E-state index contributed by atoms with van der Waals surface area (Å²) in [4.78, 5) is 25.6. The van der Waals surface area contributed by atoms with Gasteiger partial charge in [0.1, 0.15) is 5.75 Å². The molecule has 33 heavy (non-hydrogen) atoms. The Bertz CT molecular complexity index is 986. The lowest BCUT2D eigenvalue weighted by atomic mass is 10.1. The second-order valence-electron chi connectivity index (χ2n) is 7.54. The number of carbonyl (C=O) groups is 2. The molecule has 2 aromatic carbocycles. The largest absolute Gasteiger partial charge is 0.493 e. The smallest absolute Gasteiger partial charge is 0.367 e. The molecule has 0 aliphatic rings. The molecule has 0 bridgehead atoms. The number of esters is 1. The quantitative estimate of drug-likeness (QED) is 0.155. The number of likely N-dealkylation sites (N-methyl/N-ethyl adjacent to an activating group) is 1. The van der Waals surface area contributed by atoms with Crippen molar-refractivity contribution in [2.75, 3.05) is 47.5 Å². The Morgan fingerprint density at radius 1 is 0.818 bits per heavy atom. The van der Waals surface area contributed by atoms with Gasteiger partial charge in [0.05, 0.1) is 46.5 Å². The first-order chi connectivity index (χ1) is 15.9. The zero-order valence-electron chi connectivity index (χ0n) is 20.3. The predicted octanol–water partition coefficient (Wildman–Crippen LogP) is 4.39. The Morgan fingerprint density at radius 2 is 1.45 bits per heavy atom. The van der Waals surface area contributed by atoms with Crippen LogP contribution in [-0.2, 0) is 4.79 Å². The van der Waals surface area contributed by atoms with E-state index in [0.29, 0.717) is 32.9 Å². The van der Waals surface area contributed by atoms with Crippen molar-refractivity contribution in [1.82, 2.24) is 0 Å². The average Bonchev–Trinajstić information content (AvgIpc) is 2.85. The third-order valence-electron chi connectivity index (χ3n) is 6.00. The van der Waals surface area contributed by atoms with Gasteiger partial charge in [-0.25, -0.2) is 4.79 Å². The molecule has 0 saturated carbocycles. The van der Waals surface area contributed by atoms with E-state index < -0.39 is 0 Å². The molecule has 0 unspecified atom stereocenters. The Labute approximate surface area is 196 Å². The van der Waals surface area contributed by atoms with Gasteiger partial charge in [-0.15, -0.1) is 0 Å². The first kappa shape index (κ1) is 25.9. The first-order valence-electron chi connectivity index (χ1n) is 11.0. The number of rotatable bonds is 12. The van der Waals surface area contributed by atoms with Crippen LogP contribution in [0.5, 0.6) is 23.0 Å². The minimum Gasteiger partial charge on any atom is -0.493 e. The van der Waals surface area contributed by atoms with Crippen LogP contribution >= 0.6 is 0 Å². The molecule has 2 rings (SSSR count). The molecule has 0 N–H and O–H groups in total. The molecule has 7 nitrogen and oxygen atoms in total. The van der Waals surface area contributed by atoms with Crippen molar-refractivity contribution < 1.29 is 33.0 Å². The van der Waals surface area contributed by atoms with Gasteiger partial charge in [-0.1, -0.05) is 12.1 Å². The standard InChI is InChI=1S/C26H34NO6/c1-7-27(8-2,9-3)18-24(29)33-22-13-11-10-12-20(22)21(28)16-14-19-15-17-23(30-4)26(32-6)25(19)31-5/h10-17H,7-9,18H2,1-6H3/q+1. The molecule has 7 heteroatoms. The number of allylic oxidation sites excluding steroid dienone is 1. The number of quaternary nitrogens is 1. The third kappa shape index (κ3) is 6.14. The van der Waals surface area contributed by atoms with Gasteiger partial charge in [-0.05, 0) is 57.2 Å². The molecule has 0 aliphatic carbocycles. The van der Waals surface area contributed by atoms with E-state index in [2.05, 4.69) is 20.8 Å². The predicted molar refractivity (Wildman–Crippen MR) is 128 cm³/mol. The van der Waals surface area contributed by atoms with Crippen molar-refractivity contribution in [2.24, 2.45) is 0 Å². The fourth-order valence-electron chi connectivity index (χ4n) is 3.71. The molecule has 0 heterocycles. The van der Waals surface area contributed by atoms with Crippen LogP contribution in [0.4, 0.5) is 0 Å². The maximum atomic E-state index is 13.0. The van der Waals surface area contributed by atoms with E-state index in [1.54, 1.807) is 49.6 Å². The van der Waals surface area contributed by atoms with Crippen LogP contribution < -0.4 is 18.9 Å². The van der Waals surface area contributed by atoms with E-state index in [0.717, 1.165) is 19.6 Å². The molecule has 0 atom stereocenters. The Kier molecular flexibility index (Phi) is 9.48. The van der Waals surface area contributed by atoms with E-state index in [9.17, 15) is 9.59 Å². The van der Waals surface area contributed by atoms with Gasteiger partial charge in [-0.2, -0.15) is 0 Å². The average molecular weight is 457 g/mol. The minimum absolute atomic E-state index is 0.248. The normalized spacial score (nSPS) is 11.3. The highest BCUT2D eigenvalue weighted by molar-refractivity contribution is 6.09. The molecular weight excluding hydrogens is 422 g/mol. The van der Waals surface area contributed by atoms with Crippen molar-refractivity contribution in [1.29, 1.82) is 0 Å². The van der Waals surface area contributed by atoms with E-state index in [1.165, 1.54) is 20.3 Å². The SMILES string of the molecule is CC[N+](CC)(CC)CC(=O)Oc1ccccc1C(=O)C=Cc1ccc(OC)c(OC)c1OC. The van der Waals surface area contributed by atoms with Crippen molar-refractivity contribution >= 4 is 17.8 Å². The molecule has 0 fully saturated rings. The van der Waals surface area contributed by atoms with E-state index in [4.69, 9.17) is 18.9 Å². The van der Waals surface area contributed by atoms with Crippen LogP contribution in [0.1, 0.15) is 36.7 Å². The minimum atomic E-state index is -0.355. The number of benzene rings is 2. The maximum Gasteiger partial charge on any atom is 0.367 e. The van der Waals surface area contributed by atoms with Crippen LogP contribution in [0.2, 0.25) is 0 Å². The number of hydrogen-bond donors (Lipinski definition) is 0. The Balaban J connectivity index is 2.27. The van der Waals surface area contributed by atoms with E-state index in [-0.39, 0.29) is 24.0 Å². The summed E-state index contributed by atoms with van der Waals surface area (Å²) in [5.74, 6) is 1.01. The molecule has 0 amide bonds. The molecule has 0 radical (unpaired) electrons. The van der Waals surface area contributed by atoms with Crippen LogP contribution in [0.3, 0.4) is 0 Å². The van der Waals surface area contributed by atoms with Gasteiger partial charge in [0.2, 0.25) is 5.75 Å². The van der Waals surface area contributed by atoms with Crippen molar-refractivity contribution in [2.45, 2.75) is 20.8 Å². The van der Waals surface area contributed by atoms with Crippen LogP contribution in [0, 0.1) is 0 Å². The highest BCUT2D eigenvalue weighted by Gasteiger charge is 2.27. The van der Waals surface area contributed by atoms with Crippen LogP contribution in [-0.4, -0.2) is 63.7 Å². The summed E-state index contributed by atoms with van der Waals surface area (Å²) in [6, 6.07) is 10.3. The van der Waals surface area contributed by atoms with Crippen molar-refractivity contribution in [3.05, 3.63) is 53.6 Å². The Morgan fingerprint density at radius 3 is 2.03 bits per heavy atom. The van der Waals surface area contributed by atoms with Gasteiger partial charge < -0.3 is 23.4 Å². The topological polar surface area (TPSA) is 71.1 Å². The third-order valence-corrected chi connectivity index (χ3v) is 6.00. The van der Waals surface area contributed by atoms with Gasteiger partial charge in [-0.3, -0.25) is 4.79 Å². The number of ether oxygens (including phenoxy) is 4. The van der Waals surface area contributed by atoms with Gasteiger partial charge in [0.15, 0.2) is 23.8 Å². The van der Waals surface area contributed by atoms with Crippen molar-refractivity contribution in [3.8, 4) is 23.0 Å². The molecular formula is C26H34NO6+. The highest BCUT2D eigenvalue weighted by Crippen LogP contribution is 2.40. The fourth-order valence-corrected chi connectivity index (χ4v) is 3.71. The number of ketones is 1. The second-order valence-corrected chi connectivity index (χ2v) is 7.54. The summed E-state index contributed by atoms with van der Waals surface area (Å²) >= 11 is 0. The summed E-state index contributed by atoms with van der Waals surface area (Å²) < 4.78 is 22.4. The number of methoxy groups -OCH3 is 3. The van der Waals surface area contributed by atoms with Gasteiger partial charge in [0, 0.05) is 5.56 Å². The number of para-hydroxylation sites is 1. The fraction of sp³-hybridized carbons (Fsp3) is 0.385. The molecule has 0 aromatic heterocycles. The molecule has 2 aromatic rings. The van der Waals surface area contributed by atoms with E-state index in [1.807, 2.05) is 0 Å². The zero-order chi connectivity index (χ0) is 24.4. The number of carbonyl (C=O) groups excluding carboxylic acids is 2. The first-order valence-corrected chi connectivity index (χ1v) is 11.0. The van der Waals surface area contributed by atoms with Crippen molar-refractivity contribution in [3.63, 3.8) is 0 Å². The summed E-state index contributed by atoms with van der Waals surface area (Å²) in [6.07, 6.45) is 3.05. The van der Waals surface area contributed by atoms with Crippen LogP contribution in [0.15, 0.2) is 42.5 Å². The van der Waals surface area contributed by atoms with Crippen LogP contribution in [0.25, 0.3) is 6.08 Å². The molecule has 0 aliphatic heterocycles. The lowest BCUT2D eigenvalue weighted by Crippen LogP contribution is -2.51. The summed E-state index contributed by atoms with van der Waals surface area (Å²) in [7, 11) is 4.58. The lowest BCUT2D eigenvalue weighted by Gasteiger charge is -2.34. The van der Waals surface area contributed by atoms with Gasteiger partial charge >= 0.3 is 5.97 Å². The van der Waals surface area contributed by atoms with E-state index >= 15 is 0 Å². The number of hydrogen-bond acceptors (Lipinski definition) is 6. The second kappa shape index (κ2) is 12.1. The lowest BCUT2D eigenvalue weighted by molar-refractivity contribution is -0.916. The summed E-state index contributed by atoms with van der Waals surface area (Å²) in [6.45, 7) is 8.93. The highest BCUT2D eigenvalue weighted by atomic mass is 16.5. The zero-order valence-corrected chi connectivity index (χ0v) is 20.3. The summed E-state index contributed by atoms with van der Waals surface area (Å²) in [5, 5.41) is 0. The molecule has 0 spiro atoms. The molecule has 0 saturated heterocycles. The Hall–Kier alpha value is -3.32. The number of nitrogens with zero attached hydrogens (tertiary/aromatic N) is 1. The maximum absolute atomic E-state index is 13.0. The summed E-state index contributed by atoms with van der Waals surface area (Å²) in [5.41, 5.74) is 0.957. The monoisotopic (exact) mass is 456 g/mol.